The number of piperidine rings is 1. The number of hydrogen-bond acceptors (Lipinski definition) is 4. The third kappa shape index (κ3) is 5.65. The fourth-order valence-corrected chi connectivity index (χ4v) is 5.93. The van der Waals surface area contributed by atoms with Gasteiger partial charge in [-0.3, -0.25) is 9.59 Å². The smallest absolute Gasteiger partial charge is 0.258 e. The van der Waals surface area contributed by atoms with E-state index in [2.05, 4.69) is 4.90 Å². The molecule has 2 atom stereocenters. The Balaban J connectivity index is 1.28. The van der Waals surface area contributed by atoms with Crippen LogP contribution >= 0.6 is 11.6 Å². The van der Waals surface area contributed by atoms with Crippen molar-refractivity contribution in [2.45, 2.75) is 58.1 Å². The van der Waals surface area contributed by atoms with Crippen molar-refractivity contribution in [1.82, 2.24) is 9.80 Å². The molecule has 1 saturated heterocycles. The number of benzene rings is 2. The van der Waals surface area contributed by atoms with E-state index >= 15 is 0 Å². The van der Waals surface area contributed by atoms with Crippen LogP contribution in [0.15, 0.2) is 48.5 Å². The summed E-state index contributed by atoms with van der Waals surface area (Å²) in [5.74, 6) is 0.294. The number of anilines is 1. The Morgan fingerprint density at radius 2 is 1.78 bits per heavy atom. The Labute approximate surface area is 226 Å². The molecule has 1 N–H and O–H groups in total. The van der Waals surface area contributed by atoms with Crippen molar-refractivity contribution in [3.05, 3.63) is 64.7 Å². The largest absolute Gasteiger partial charge is 0.376 e. The van der Waals surface area contributed by atoms with Gasteiger partial charge in [-0.15, -0.1) is 0 Å². The molecule has 7 heteroatoms. The molecule has 1 aliphatic carbocycles. The zero-order chi connectivity index (χ0) is 27.0. The predicted molar refractivity (Wildman–Crippen MR) is 149 cm³/mol. The van der Waals surface area contributed by atoms with Crippen LogP contribution in [0, 0.1) is 11.3 Å². The van der Waals surface area contributed by atoms with Crippen molar-refractivity contribution >= 4 is 29.1 Å². The van der Waals surface area contributed by atoms with Crippen LogP contribution in [0.2, 0.25) is 5.02 Å². The second kappa shape index (κ2) is 10.7. The molecule has 2 amide bonds. The van der Waals surface area contributed by atoms with Crippen molar-refractivity contribution in [3.63, 3.8) is 0 Å². The van der Waals surface area contributed by atoms with Gasteiger partial charge in [0.2, 0.25) is 0 Å². The van der Waals surface area contributed by atoms with Gasteiger partial charge in [-0.2, -0.15) is 0 Å². The summed E-state index contributed by atoms with van der Waals surface area (Å²) in [6, 6.07) is 15.0. The molecule has 2 aliphatic rings. The van der Waals surface area contributed by atoms with Gasteiger partial charge in [0.05, 0.1) is 10.6 Å². The first-order valence-electron chi connectivity index (χ1n) is 13.3. The molecular formula is C30H40ClN3O3. The first kappa shape index (κ1) is 27.5. The zero-order valence-electron chi connectivity index (χ0n) is 22.7. The fourth-order valence-electron chi connectivity index (χ4n) is 5.67. The number of nitrogens with zero attached hydrogens (tertiary/aromatic N) is 3. The molecule has 4 rings (SSSR count). The van der Waals surface area contributed by atoms with Crippen LogP contribution in [0.25, 0.3) is 0 Å². The van der Waals surface area contributed by atoms with E-state index in [0.717, 1.165) is 38.0 Å². The lowest BCUT2D eigenvalue weighted by atomic mass is 9.89. The first-order chi connectivity index (χ1) is 17.5. The van der Waals surface area contributed by atoms with E-state index in [1.165, 1.54) is 6.42 Å². The number of aliphatic hydroxyl groups is 1. The van der Waals surface area contributed by atoms with Crippen molar-refractivity contribution in [2.24, 2.45) is 11.3 Å². The molecular weight excluding hydrogens is 486 g/mol. The number of carbonyl (C=O) groups is 2. The minimum Gasteiger partial charge on any atom is -0.376 e. The summed E-state index contributed by atoms with van der Waals surface area (Å²) < 4.78 is 0. The Bertz CT molecular complexity index is 1130. The van der Waals surface area contributed by atoms with E-state index in [1.807, 2.05) is 50.2 Å². The lowest BCUT2D eigenvalue weighted by molar-refractivity contribution is -0.149. The summed E-state index contributed by atoms with van der Waals surface area (Å²) in [5, 5.41) is 11.4. The van der Waals surface area contributed by atoms with E-state index in [9.17, 15) is 14.7 Å². The zero-order valence-corrected chi connectivity index (χ0v) is 23.5. The van der Waals surface area contributed by atoms with Crippen LogP contribution < -0.4 is 4.90 Å². The van der Waals surface area contributed by atoms with Gasteiger partial charge in [-0.05, 0) is 81.5 Å². The van der Waals surface area contributed by atoms with E-state index in [0.29, 0.717) is 34.0 Å². The average Bonchev–Trinajstić information content (AvgIpc) is 3.57. The number of rotatable bonds is 8. The van der Waals surface area contributed by atoms with E-state index in [-0.39, 0.29) is 17.9 Å². The minimum absolute atomic E-state index is 0.0568. The summed E-state index contributed by atoms with van der Waals surface area (Å²) in [6.45, 7) is 8.12. The van der Waals surface area contributed by atoms with Gasteiger partial charge < -0.3 is 19.8 Å². The molecule has 200 valence electrons. The molecule has 1 spiro atoms. The first-order valence-corrected chi connectivity index (χ1v) is 13.7. The number of halogens is 1. The lowest BCUT2D eigenvalue weighted by Gasteiger charge is -2.35. The van der Waals surface area contributed by atoms with Gasteiger partial charge in [0.15, 0.2) is 5.60 Å². The molecule has 2 aromatic carbocycles. The van der Waals surface area contributed by atoms with Gasteiger partial charge in [-0.1, -0.05) is 41.9 Å². The molecule has 2 aromatic rings. The number of carbonyl (C=O) groups excluding carboxylic acids is 2. The highest BCUT2D eigenvalue weighted by Crippen LogP contribution is 2.61. The molecule has 1 aliphatic heterocycles. The Morgan fingerprint density at radius 3 is 2.38 bits per heavy atom. The summed E-state index contributed by atoms with van der Waals surface area (Å²) in [5.41, 5.74) is 1.07. The highest BCUT2D eigenvalue weighted by molar-refractivity contribution is 6.34. The number of amides is 2. The van der Waals surface area contributed by atoms with Crippen LogP contribution in [0.5, 0.6) is 0 Å². The summed E-state index contributed by atoms with van der Waals surface area (Å²) >= 11 is 6.53. The topological polar surface area (TPSA) is 64.1 Å². The standard InChI is InChI=1S/C30H40ClN3O3/c1-21(2)33(5)27(35)25-12-11-24(19-26(25)31)34-17-14-30(15-18-34)20-23(30)13-16-32(4)28(36)29(3,37)22-9-7-6-8-10-22/h6-12,19,21,23,37H,13-18,20H2,1-5H3/t23?,29-/m1/s1. The normalized spacial score (nSPS) is 20.0. The van der Waals surface area contributed by atoms with Crippen LogP contribution in [-0.2, 0) is 10.4 Å². The SMILES string of the molecule is CC(C)N(C)C(=O)c1ccc(N2CCC3(CC2)CC3CCN(C)C(=O)[C@](C)(O)c2ccccc2)cc1Cl. The average molecular weight is 526 g/mol. The highest BCUT2D eigenvalue weighted by atomic mass is 35.5. The molecule has 1 unspecified atom stereocenters. The maximum atomic E-state index is 13.0. The minimum atomic E-state index is -1.52. The van der Waals surface area contributed by atoms with Crippen molar-refractivity contribution < 1.29 is 14.7 Å². The molecule has 2 fully saturated rings. The molecule has 1 heterocycles. The van der Waals surface area contributed by atoms with Crippen molar-refractivity contribution in [2.75, 3.05) is 38.6 Å². The molecule has 1 saturated carbocycles. The van der Waals surface area contributed by atoms with Gasteiger partial charge >= 0.3 is 0 Å². The van der Waals surface area contributed by atoms with Crippen LogP contribution in [-0.4, -0.2) is 66.5 Å². The monoisotopic (exact) mass is 525 g/mol. The molecule has 6 nitrogen and oxygen atoms in total. The maximum Gasteiger partial charge on any atom is 0.258 e. The molecule has 0 bridgehead atoms. The summed E-state index contributed by atoms with van der Waals surface area (Å²) in [4.78, 5) is 31.4. The maximum absolute atomic E-state index is 13.0. The second-order valence-electron chi connectivity index (χ2n) is 11.4. The van der Waals surface area contributed by atoms with Gasteiger partial charge in [0.25, 0.3) is 11.8 Å². The second-order valence-corrected chi connectivity index (χ2v) is 11.8. The molecule has 0 aromatic heterocycles. The molecule has 37 heavy (non-hydrogen) atoms. The van der Waals surface area contributed by atoms with Crippen LogP contribution in [0.3, 0.4) is 0 Å². The Morgan fingerprint density at radius 1 is 1.14 bits per heavy atom. The quantitative estimate of drug-likeness (QED) is 0.515. The third-order valence-corrected chi connectivity index (χ3v) is 8.99. The van der Waals surface area contributed by atoms with E-state index in [1.54, 1.807) is 43.0 Å². The predicted octanol–water partition coefficient (Wildman–Crippen LogP) is 5.18. The lowest BCUT2D eigenvalue weighted by Crippen LogP contribution is -2.43. The number of hydrogen-bond donors (Lipinski definition) is 1. The van der Waals surface area contributed by atoms with Gasteiger partial charge in [0.1, 0.15) is 0 Å². The van der Waals surface area contributed by atoms with Gasteiger partial charge in [-0.25, -0.2) is 0 Å². The fraction of sp³-hybridized carbons (Fsp3) is 0.533. The van der Waals surface area contributed by atoms with Crippen molar-refractivity contribution in [3.8, 4) is 0 Å². The Kier molecular flexibility index (Phi) is 7.91. The Hall–Kier alpha value is -2.57. The summed E-state index contributed by atoms with van der Waals surface area (Å²) in [6.07, 6.45) is 4.39. The van der Waals surface area contributed by atoms with Crippen LogP contribution in [0.1, 0.15) is 62.4 Å². The highest BCUT2D eigenvalue weighted by Gasteiger charge is 2.54. The van der Waals surface area contributed by atoms with E-state index in [4.69, 9.17) is 11.6 Å². The van der Waals surface area contributed by atoms with Crippen LogP contribution in [0.4, 0.5) is 5.69 Å². The summed E-state index contributed by atoms with van der Waals surface area (Å²) in [7, 11) is 3.58. The number of likely N-dealkylation sites (N-methyl/N-ethyl adjacent to an activating group) is 1. The van der Waals surface area contributed by atoms with E-state index < -0.39 is 5.60 Å². The van der Waals surface area contributed by atoms with Gasteiger partial charge in [0, 0.05) is 45.5 Å². The molecule has 0 radical (unpaired) electrons. The van der Waals surface area contributed by atoms with Crippen molar-refractivity contribution in [1.29, 1.82) is 0 Å². The third-order valence-electron chi connectivity index (χ3n) is 8.67.